The van der Waals surface area contributed by atoms with Crippen LogP contribution in [0.5, 0.6) is 0 Å². The lowest BCUT2D eigenvalue weighted by atomic mass is 10.0. The molecule has 0 bridgehead atoms. The molecule has 1 aliphatic heterocycles. The number of nitrogens with one attached hydrogen (secondary N) is 1. The van der Waals surface area contributed by atoms with Crippen molar-refractivity contribution < 1.29 is 9.53 Å². The molecule has 4 heteroatoms. The van der Waals surface area contributed by atoms with E-state index in [9.17, 15) is 4.79 Å². The van der Waals surface area contributed by atoms with Gasteiger partial charge in [0.25, 0.3) is 0 Å². The Kier molecular flexibility index (Phi) is 6.34. The summed E-state index contributed by atoms with van der Waals surface area (Å²) in [5.74, 6) is 0. The van der Waals surface area contributed by atoms with Gasteiger partial charge in [-0.05, 0) is 46.2 Å². The molecule has 0 spiro atoms. The summed E-state index contributed by atoms with van der Waals surface area (Å²) in [5.41, 5.74) is 0. The van der Waals surface area contributed by atoms with E-state index in [1.165, 1.54) is 0 Å². The summed E-state index contributed by atoms with van der Waals surface area (Å²) in [6, 6.07) is 0.553. The van der Waals surface area contributed by atoms with Crippen LogP contribution in [0.25, 0.3) is 0 Å². The number of amides is 1. The minimum atomic E-state index is -0.139. The van der Waals surface area contributed by atoms with Crippen LogP contribution in [0.4, 0.5) is 4.79 Å². The third-order valence-electron chi connectivity index (χ3n) is 3.19. The first-order valence-electron chi connectivity index (χ1n) is 6.82. The number of rotatable bonds is 5. The first-order chi connectivity index (χ1) is 8.16. The monoisotopic (exact) mass is 242 g/mol. The van der Waals surface area contributed by atoms with Crippen LogP contribution in [0.1, 0.15) is 46.5 Å². The molecule has 1 rings (SSSR count). The van der Waals surface area contributed by atoms with E-state index in [2.05, 4.69) is 26.1 Å². The zero-order valence-electron chi connectivity index (χ0n) is 11.4. The molecule has 0 unspecified atom stereocenters. The van der Waals surface area contributed by atoms with E-state index < -0.39 is 0 Å². The number of unbranched alkanes of at least 4 members (excludes halogenated alkanes) is 1. The lowest BCUT2D eigenvalue weighted by Crippen LogP contribution is -2.49. The zero-order chi connectivity index (χ0) is 12.7. The summed E-state index contributed by atoms with van der Waals surface area (Å²) < 4.78 is 5.33. The summed E-state index contributed by atoms with van der Waals surface area (Å²) in [7, 11) is 0. The molecule has 1 fully saturated rings. The van der Waals surface area contributed by atoms with Crippen molar-refractivity contribution in [2.24, 2.45) is 0 Å². The molecule has 0 aromatic carbocycles. The van der Waals surface area contributed by atoms with Gasteiger partial charge in [-0.2, -0.15) is 0 Å². The van der Waals surface area contributed by atoms with Gasteiger partial charge < -0.3 is 15.0 Å². The average molecular weight is 242 g/mol. The van der Waals surface area contributed by atoms with Gasteiger partial charge in [0.15, 0.2) is 0 Å². The third kappa shape index (κ3) is 4.54. The molecule has 100 valence electrons. The van der Waals surface area contributed by atoms with Crippen molar-refractivity contribution in [3.8, 4) is 0 Å². The Balaban J connectivity index is 2.48. The van der Waals surface area contributed by atoms with Gasteiger partial charge in [-0.3, -0.25) is 0 Å². The summed E-state index contributed by atoms with van der Waals surface area (Å²) in [6.45, 7) is 8.75. The Labute approximate surface area is 105 Å². The molecule has 0 aromatic rings. The Morgan fingerprint density at radius 2 is 2.06 bits per heavy atom. The second-order valence-corrected chi connectivity index (χ2v) is 4.95. The fourth-order valence-electron chi connectivity index (χ4n) is 2.24. The van der Waals surface area contributed by atoms with Crippen molar-refractivity contribution in [3.05, 3.63) is 0 Å². The average Bonchev–Trinajstić information content (AvgIpc) is 2.30. The van der Waals surface area contributed by atoms with Crippen LogP contribution in [0, 0.1) is 0 Å². The highest BCUT2D eigenvalue weighted by Gasteiger charge is 2.28. The predicted molar refractivity (Wildman–Crippen MR) is 69.1 cm³/mol. The molecule has 1 aliphatic rings. The van der Waals surface area contributed by atoms with Crippen molar-refractivity contribution in [2.75, 3.05) is 19.7 Å². The smallest absolute Gasteiger partial charge is 0.410 e. The number of carbonyl (C=O) groups excluding carboxylic acids is 1. The molecule has 1 saturated heterocycles. The Bertz CT molecular complexity index is 225. The third-order valence-corrected chi connectivity index (χ3v) is 3.19. The lowest BCUT2D eigenvalue weighted by Gasteiger charge is -2.36. The molecule has 0 saturated carbocycles. The first kappa shape index (κ1) is 14.3. The van der Waals surface area contributed by atoms with Gasteiger partial charge >= 0.3 is 6.09 Å². The number of carbonyl (C=O) groups is 1. The number of piperidine rings is 1. The zero-order valence-corrected chi connectivity index (χ0v) is 11.4. The van der Waals surface area contributed by atoms with Crippen molar-refractivity contribution in [2.45, 2.75) is 58.5 Å². The summed E-state index contributed by atoms with van der Waals surface area (Å²) >= 11 is 0. The highest BCUT2D eigenvalue weighted by molar-refractivity contribution is 5.68. The van der Waals surface area contributed by atoms with Crippen molar-refractivity contribution in [1.29, 1.82) is 0 Å². The number of hydrogen-bond acceptors (Lipinski definition) is 3. The van der Waals surface area contributed by atoms with Gasteiger partial charge in [-0.1, -0.05) is 13.3 Å². The van der Waals surface area contributed by atoms with Crippen LogP contribution < -0.4 is 5.32 Å². The van der Waals surface area contributed by atoms with E-state index in [0.717, 1.165) is 38.8 Å². The molecule has 17 heavy (non-hydrogen) atoms. The van der Waals surface area contributed by atoms with Crippen molar-refractivity contribution in [1.82, 2.24) is 10.2 Å². The highest BCUT2D eigenvalue weighted by atomic mass is 16.6. The van der Waals surface area contributed by atoms with Crippen LogP contribution in [0.15, 0.2) is 0 Å². The molecule has 0 aliphatic carbocycles. The SMILES string of the molecule is CCCCOC(=O)N(C(C)C)C1CCNCC1. The van der Waals surface area contributed by atoms with Gasteiger partial charge in [-0.15, -0.1) is 0 Å². The molecule has 1 amide bonds. The minimum absolute atomic E-state index is 0.139. The second-order valence-electron chi connectivity index (χ2n) is 4.95. The molecular formula is C13H26N2O2. The topological polar surface area (TPSA) is 41.6 Å². The molecule has 0 atom stereocenters. The fourth-order valence-corrected chi connectivity index (χ4v) is 2.24. The molecule has 1 heterocycles. The maximum atomic E-state index is 12.0. The number of nitrogens with zero attached hydrogens (tertiary/aromatic N) is 1. The van der Waals surface area contributed by atoms with E-state index in [0.29, 0.717) is 12.6 Å². The maximum Gasteiger partial charge on any atom is 0.410 e. The molecule has 0 radical (unpaired) electrons. The minimum Gasteiger partial charge on any atom is -0.449 e. The molecule has 0 aromatic heterocycles. The molecule has 4 nitrogen and oxygen atoms in total. The second kappa shape index (κ2) is 7.54. The summed E-state index contributed by atoms with van der Waals surface area (Å²) in [5, 5.41) is 3.32. The van der Waals surface area contributed by atoms with Crippen LogP contribution in [-0.4, -0.2) is 42.8 Å². The summed E-state index contributed by atoms with van der Waals surface area (Å²) in [4.78, 5) is 14.0. The Morgan fingerprint density at radius 3 is 2.59 bits per heavy atom. The maximum absolute atomic E-state index is 12.0. The molecule has 1 N–H and O–H groups in total. The van der Waals surface area contributed by atoms with E-state index in [1.807, 2.05) is 4.90 Å². The Morgan fingerprint density at radius 1 is 1.41 bits per heavy atom. The van der Waals surface area contributed by atoms with Crippen LogP contribution in [0.2, 0.25) is 0 Å². The van der Waals surface area contributed by atoms with E-state index in [-0.39, 0.29) is 12.1 Å². The van der Waals surface area contributed by atoms with Gasteiger partial charge in [0.1, 0.15) is 0 Å². The van der Waals surface area contributed by atoms with Crippen LogP contribution in [0.3, 0.4) is 0 Å². The van der Waals surface area contributed by atoms with E-state index in [4.69, 9.17) is 4.74 Å². The summed E-state index contributed by atoms with van der Waals surface area (Å²) in [6.07, 6.45) is 3.93. The highest BCUT2D eigenvalue weighted by Crippen LogP contribution is 2.16. The normalized spacial score (nSPS) is 17.2. The van der Waals surface area contributed by atoms with Crippen molar-refractivity contribution in [3.63, 3.8) is 0 Å². The number of hydrogen-bond donors (Lipinski definition) is 1. The van der Waals surface area contributed by atoms with E-state index >= 15 is 0 Å². The van der Waals surface area contributed by atoms with Gasteiger partial charge in [0.2, 0.25) is 0 Å². The van der Waals surface area contributed by atoms with Gasteiger partial charge in [0, 0.05) is 12.1 Å². The number of ether oxygens (including phenoxy) is 1. The molecular weight excluding hydrogens is 216 g/mol. The Hall–Kier alpha value is -0.770. The largest absolute Gasteiger partial charge is 0.449 e. The van der Waals surface area contributed by atoms with Crippen molar-refractivity contribution >= 4 is 6.09 Å². The van der Waals surface area contributed by atoms with Crippen LogP contribution >= 0.6 is 0 Å². The van der Waals surface area contributed by atoms with Gasteiger partial charge in [0.05, 0.1) is 6.61 Å². The first-order valence-corrected chi connectivity index (χ1v) is 6.82. The van der Waals surface area contributed by atoms with Crippen LogP contribution in [-0.2, 0) is 4.74 Å². The predicted octanol–water partition coefficient (Wildman–Crippen LogP) is 2.39. The standard InChI is InChI=1S/C13H26N2O2/c1-4-5-10-17-13(16)15(11(2)3)12-6-8-14-9-7-12/h11-12,14H,4-10H2,1-3H3. The van der Waals surface area contributed by atoms with E-state index in [1.54, 1.807) is 0 Å². The van der Waals surface area contributed by atoms with Gasteiger partial charge in [-0.25, -0.2) is 4.79 Å². The lowest BCUT2D eigenvalue weighted by molar-refractivity contribution is 0.0638. The quantitative estimate of drug-likeness (QED) is 0.753. The fraction of sp³-hybridized carbons (Fsp3) is 0.923.